The SMILES string of the molecule is O=c1c2ncsc2ncn1CCC1CCCC1(F)F. The average molecular weight is 285 g/mol. The Balaban J connectivity index is 1.79. The van der Waals surface area contributed by atoms with Crippen LogP contribution in [0.3, 0.4) is 0 Å². The van der Waals surface area contributed by atoms with Crippen molar-refractivity contribution in [2.24, 2.45) is 5.92 Å². The number of hydrogen-bond donors (Lipinski definition) is 0. The first-order chi connectivity index (χ1) is 9.08. The lowest BCUT2D eigenvalue weighted by atomic mass is 10.0. The lowest BCUT2D eigenvalue weighted by molar-refractivity contribution is -0.0406. The third-order valence-corrected chi connectivity index (χ3v) is 4.44. The zero-order valence-electron chi connectivity index (χ0n) is 10.2. The molecule has 0 amide bonds. The highest BCUT2D eigenvalue weighted by Crippen LogP contribution is 2.42. The summed E-state index contributed by atoms with van der Waals surface area (Å²) in [6.07, 6.45) is 2.81. The molecular formula is C12H13F2N3OS. The second-order valence-corrected chi connectivity index (χ2v) is 5.72. The highest BCUT2D eigenvalue weighted by atomic mass is 32.1. The Hall–Kier alpha value is -1.37. The highest BCUT2D eigenvalue weighted by Gasteiger charge is 2.43. The van der Waals surface area contributed by atoms with Crippen molar-refractivity contribution in [3.8, 4) is 0 Å². The molecule has 1 aliphatic rings. The quantitative estimate of drug-likeness (QED) is 0.871. The van der Waals surface area contributed by atoms with Gasteiger partial charge in [0.15, 0.2) is 10.3 Å². The number of fused-ring (bicyclic) bond motifs is 1. The lowest BCUT2D eigenvalue weighted by Gasteiger charge is -2.18. The first-order valence-electron chi connectivity index (χ1n) is 6.24. The van der Waals surface area contributed by atoms with Gasteiger partial charge in [0.25, 0.3) is 11.5 Å². The summed E-state index contributed by atoms with van der Waals surface area (Å²) in [6.45, 7) is 0.277. The number of hydrogen-bond acceptors (Lipinski definition) is 4. The van der Waals surface area contributed by atoms with Crippen molar-refractivity contribution in [2.45, 2.75) is 38.2 Å². The van der Waals surface area contributed by atoms with Crippen LogP contribution >= 0.6 is 11.3 Å². The third kappa shape index (κ3) is 2.27. The average Bonchev–Trinajstić information content (AvgIpc) is 2.95. The summed E-state index contributed by atoms with van der Waals surface area (Å²) in [5.74, 6) is -3.20. The molecule has 0 bridgehead atoms. The molecule has 102 valence electrons. The molecule has 2 aromatic heterocycles. The Morgan fingerprint density at radius 1 is 1.47 bits per heavy atom. The smallest absolute Gasteiger partial charge is 0.280 e. The van der Waals surface area contributed by atoms with Crippen LogP contribution in [0.25, 0.3) is 10.3 Å². The monoisotopic (exact) mass is 285 g/mol. The van der Waals surface area contributed by atoms with Crippen LogP contribution in [-0.2, 0) is 6.54 Å². The van der Waals surface area contributed by atoms with Gasteiger partial charge in [0.1, 0.15) is 0 Å². The molecule has 0 spiro atoms. The van der Waals surface area contributed by atoms with Crippen molar-refractivity contribution in [1.29, 1.82) is 0 Å². The topological polar surface area (TPSA) is 47.8 Å². The van der Waals surface area contributed by atoms with Gasteiger partial charge in [-0.1, -0.05) is 0 Å². The maximum absolute atomic E-state index is 13.5. The summed E-state index contributed by atoms with van der Waals surface area (Å²) in [6, 6.07) is 0. The van der Waals surface area contributed by atoms with Gasteiger partial charge in [0.05, 0.1) is 11.8 Å². The Morgan fingerprint density at radius 3 is 3.05 bits per heavy atom. The third-order valence-electron chi connectivity index (χ3n) is 3.70. The standard InChI is InChI=1S/C12H13F2N3OS/c13-12(14)4-1-2-8(12)3-5-17-6-15-10-9(11(17)18)16-7-19-10/h6-8H,1-5H2. The molecule has 19 heavy (non-hydrogen) atoms. The molecular weight excluding hydrogens is 272 g/mol. The molecule has 0 saturated heterocycles. The van der Waals surface area contributed by atoms with Crippen LogP contribution in [0.2, 0.25) is 0 Å². The van der Waals surface area contributed by atoms with Crippen molar-refractivity contribution in [2.75, 3.05) is 0 Å². The van der Waals surface area contributed by atoms with Crippen LogP contribution in [-0.4, -0.2) is 20.5 Å². The molecule has 1 unspecified atom stereocenters. The van der Waals surface area contributed by atoms with Crippen molar-refractivity contribution in [1.82, 2.24) is 14.5 Å². The minimum atomic E-state index is -2.58. The van der Waals surface area contributed by atoms with Crippen LogP contribution in [0, 0.1) is 5.92 Å². The number of thiazole rings is 1. The molecule has 2 aromatic rings. The summed E-state index contributed by atoms with van der Waals surface area (Å²) in [5.41, 5.74) is 1.65. The molecule has 7 heteroatoms. The van der Waals surface area contributed by atoms with E-state index in [9.17, 15) is 13.6 Å². The maximum atomic E-state index is 13.5. The van der Waals surface area contributed by atoms with E-state index in [1.807, 2.05) is 0 Å². The van der Waals surface area contributed by atoms with Crippen LogP contribution < -0.4 is 5.56 Å². The largest absolute Gasteiger partial charge is 0.297 e. The van der Waals surface area contributed by atoms with Crippen molar-refractivity contribution < 1.29 is 8.78 Å². The van der Waals surface area contributed by atoms with E-state index in [0.29, 0.717) is 29.6 Å². The number of rotatable bonds is 3. The van der Waals surface area contributed by atoms with Crippen LogP contribution in [0.4, 0.5) is 8.78 Å². The van der Waals surface area contributed by atoms with E-state index in [1.165, 1.54) is 22.2 Å². The molecule has 0 radical (unpaired) electrons. The van der Waals surface area contributed by atoms with Crippen LogP contribution in [0.5, 0.6) is 0 Å². The van der Waals surface area contributed by atoms with E-state index < -0.39 is 11.8 Å². The van der Waals surface area contributed by atoms with Crippen LogP contribution in [0.1, 0.15) is 25.7 Å². The highest BCUT2D eigenvalue weighted by molar-refractivity contribution is 7.16. The van der Waals surface area contributed by atoms with Gasteiger partial charge in [-0.2, -0.15) is 0 Å². The molecule has 1 fully saturated rings. The van der Waals surface area contributed by atoms with E-state index in [-0.39, 0.29) is 18.5 Å². The normalized spacial score (nSPS) is 22.1. The predicted octanol–water partition coefficient (Wildman–Crippen LogP) is 2.68. The second kappa shape index (κ2) is 4.63. The van der Waals surface area contributed by atoms with Gasteiger partial charge in [-0.05, 0) is 19.3 Å². The zero-order chi connectivity index (χ0) is 13.5. The van der Waals surface area contributed by atoms with Gasteiger partial charge in [-0.25, -0.2) is 18.7 Å². The number of halogens is 2. The molecule has 1 aliphatic carbocycles. The van der Waals surface area contributed by atoms with Gasteiger partial charge in [-0.3, -0.25) is 9.36 Å². The van der Waals surface area contributed by atoms with E-state index in [2.05, 4.69) is 9.97 Å². The number of aromatic nitrogens is 3. The summed E-state index contributed by atoms with van der Waals surface area (Å²) in [4.78, 5) is 20.7. The number of alkyl halides is 2. The number of nitrogens with zero attached hydrogens (tertiary/aromatic N) is 3. The molecule has 1 atom stereocenters. The minimum Gasteiger partial charge on any atom is -0.297 e. The molecule has 1 saturated carbocycles. The molecule has 2 heterocycles. The fourth-order valence-electron chi connectivity index (χ4n) is 2.60. The van der Waals surface area contributed by atoms with Crippen molar-refractivity contribution >= 4 is 21.7 Å². The summed E-state index contributed by atoms with van der Waals surface area (Å²) >= 11 is 1.30. The zero-order valence-corrected chi connectivity index (χ0v) is 11.0. The fraction of sp³-hybridized carbons (Fsp3) is 0.583. The molecule has 0 aliphatic heterocycles. The number of aryl methyl sites for hydroxylation is 1. The van der Waals surface area contributed by atoms with Gasteiger partial charge < -0.3 is 0 Å². The second-order valence-electron chi connectivity index (χ2n) is 4.89. The van der Waals surface area contributed by atoms with E-state index in [1.54, 1.807) is 5.51 Å². The van der Waals surface area contributed by atoms with Crippen molar-refractivity contribution in [3.05, 3.63) is 22.2 Å². The molecule has 4 nitrogen and oxygen atoms in total. The molecule has 0 aromatic carbocycles. The molecule has 0 N–H and O–H groups in total. The van der Waals surface area contributed by atoms with Crippen LogP contribution in [0.15, 0.2) is 16.6 Å². The van der Waals surface area contributed by atoms with Gasteiger partial charge in [0, 0.05) is 18.9 Å². The Morgan fingerprint density at radius 2 is 2.32 bits per heavy atom. The first-order valence-corrected chi connectivity index (χ1v) is 7.12. The van der Waals surface area contributed by atoms with Gasteiger partial charge in [0.2, 0.25) is 0 Å². The lowest BCUT2D eigenvalue weighted by Crippen LogP contribution is -2.26. The van der Waals surface area contributed by atoms with E-state index in [4.69, 9.17) is 0 Å². The first kappa shape index (κ1) is 12.7. The summed E-state index contributed by atoms with van der Waals surface area (Å²) < 4.78 is 28.4. The fourth-order valence-corrected chi connectivity index (χ4v) is 3.22. The minimum absolute atomic E-state index is 0.0318. The van der Waals surface area contributed by atoms with Gasteiger partial charge in [-0.15, -0.1) is 11.3 Å². The Labute approximate surface area is 112 Å². The van der Waals surface area contributed by atoms with Gasteiger partial charge >= 0.3 is 0 Å². The summed E-state index contributed by atoms with van der Waals surface area (Å²) in [7, 11) is 0. The van der Waals surface area contributed by atoms with E-state index >= 15 is 0 Å². The predicted molar refractivity (Wildman–Crippen MR) is 68.6 cm³/mol. The Kier molecular flexibility index (Phi) is 3.08. The molecule has 3 rings (SSSR count). The Bertz CT molecular complexity index is 652. The van der Waals surface area contributed by atoms with E-state index in [0.717, 1.165) is 0 Å². The summed E-state index contributed by atoms with van der Waals surface area (Å²) in [5, 5.41) is 0. The maximum Gasteiger partial charge on any atom is 0.280 e. The van der Waals surface area contributed by atoms with Crippen molar-refractivity contribution in [3.63, 3.8) is 0 Å².